The molecule has 39 heavy (non-hydrogen) atoms. The van der Waals surface area contributed by atoms with Crippen molar-refractivity contribution in [3.05, 3.63) is 11.6 Å². The Bertz CT molecular complexity index is 672. The van der Waals surface area contributed by atoms with Crippen LogP contribution >= 0.6 is 0 Å². The summed E-state index contributed by atoms with van der Waals surface area (Å²) in [5.74, 6) is -1.12. The molecule has 1 fully saturated rings. The molecule has 0 bridgehead atoms. The number of nitrogens with one attached hydrogen (secondary N) is 2. The highest BCUT2D eigenvalue weighted by Gasteiger charge is 2.22. The monoisotopic (exact) mass is 556 g/mol. The predicted molar refractivity (Wildman–Crippen MR) is 161 cm³/mol. The molecule has 0 saturated carbocycles. The molecule has 3 amide bonds. The number of carbonyl (C=O) groups excluding carboxylic acids is 4. The molecule has 2 N–H and O–H groups in total. The van der Waals surface area contributed by atoms with E-state index in [1.165, 1.54) is 50.1 Å². The van der Waals surface area contributed by atoms with Crippen molar-refractivity contribution in [1.82, 2.24) is 20.4 Å². The second-order valence-electron chi connectivity index (χ2n) is 10.2. The molecular weight excluding hydrogens is 496 g/mol. The van der Waals surface area contributed by atoms with Crippen molar-refractivity contribution in [2.24, 2.45) is 5.92 Å². The zero-order chi connectivity index (χ0) is 30.8. The number of nitrogens with zero attached hydrogens (tertiary/aromatic N) is 2. The summed E-state index contributed by atoms with van der Waals surface area (Å²) in [6, 6.07) is 0.449. The third-order valence-electron chi connectivity index (χ3n) is 5.46. The van der Waals surface area contributed by atoms with Crippen LogP contribution in [0.4, 0.5) is 0 Å². The summed E-state index contributed by atoms with van der Waals surface area (Å²) in [5, 5.41) is 4.79. The second kappa shape index (κ2) is 27.2. The molecule has 0 radical (unpaired) electrons. The molecule has 230 valence electrons. The number of hydrogen-bond acceptors (Lipinski definition) is 6. The normalized spacial score (nSPS) is 13.8. The largest absolute Gasteiger partial charge is 0.465 e. The van der Waals surface area contributed by atoms with E-state index in [2.05, 4.69) is 57.1 Å². The van der Waals surface area contributed by atoms with Crippen molar-refractivity contribution in [3.8, 4) is 0 Å². The molecule has 0 spiro atoms. The highest BCUT2D eigenvalue weighted by molar-refractivity contribution is 5.94. The highest BCUT2D eigenvalue weighted by atomic mass is 16.5. The van der Waals surface area contributed by atoms with Crippen LogP contribution in [0.2, 0.25) is 0 Å². The van der Waals surface area contributed by atoms with Crippen LogP contribution in [0.3, 0.4) is 0 Å². The zero-order valence-corrected chi connectivity index (χ0v) is 26.9. The van der Waals surface area contributed by atoms with Gasteiger partial charge in [-0.1, -0.05) is 66.9 Å². The van der Waals surface area contributed by atoms with E-state index < -0.39 is 11.9 Å². The average molecular weight is 557 g/mol. The molecule has 0 aromatic rings. The summed E-state index contributed by atoms with van der Waals surface area (Å²) in [5.41, 5.74) is 0.390. The average Bonchev–Trinajstić information content (AvgIpc) is 2.90. The quantitative estimate of drug-likeness (QED) is 0.220. The van der Waals surface area contributed by atoms with Crippen molar-refractivity contribution in [2.45, 2.75) is 113 Å². The van der Waals surface area contributed by atoms with Crippen LogP contribution in [-0.4, -0.2) is 85.9 Å². The molecule has 1 rings (SSSR count). The van der Waals surface area contributed by atoms with Crippen LogP contribution in [0.1, 0.15) is 101 Å². The SMILES string of the molecule is CC(C)N1CCCCC1.CCC.CCC.CCOC(=O)CNC(=O)/C(C)=C/[C@H](C(C)C)N(C)C(=O)CNC=O. The van der Waals surface area contributed by atoms with Crippen molar-refractivity contribution in [2.75, 3.05) is 39.8 Å². The summed E-state index contributed by atoms with van der Waals surface area (Å²) in [6.07, 6.45) is 8.91. The summed E-state index contributed by atoms with van der Waals surface area (Å²) < 4.78 is 4.74. The van der Waals surface area contributed by atoms with Gasteiger partial charge < -0.3 is 25.2 Å². The third kappa shape index (κ3) is 23.2. The van der Waals surface area contributed by atoms with Gasteiger partial charge in [0.25, 0.3) is 0 Å². The van der Waals surface area contributed by atoms with Crippen LogP contribution in [0.15, 0.2) is 11.6 Å². The Labute approximate surface area is 239 Å². The van der Waals surface area contributed by atoms with Crippen LogP contribution < -0.4 is 10.6 Å². The molecule has 0 aliphatic carbocycles. The van der Waals surface area contributed by atoms with E-state index >= 15 is 0 Å². The van der Waals surface area contributed by atoms with Gasteiger partial charge in [0.15, 0.2) is 0 Å². The smallest absolute Gasteiger partial charge is 0.325 e. The highest BCUT2D eigenvalue weighted by Crippen LogP contribution is 2.13. The number of piperidine rings is 1. The van der Waals surface area contributed by atoms with Crippen LogP contribution in [0.25, 0.3) is 0 Å². The van der Waals surface area contributed by atoms with Gasteiger partial charge >= 0.3 is 5.97 Å². The van der Waals surface area contributed by atoms with E-state index in [4.69, 9.17) is 4.74 Å². The van der Waals surface area contributed by atoms with Crippen molar-refractivity contribution < 1.29 is 23.9 Å². The van der Waals surface area contributed by atoms with Gasteiger partial charge in [0.05, 0.1) is 19.2 Å². The fourth-order valence-electron chi connectivity index (χ4n) is 3.44. The first-order chi connectivity index (χ1) is 18.4. The van der Waals surface area contributed by atoms with E-state index in [1.54, 1.807) is 27.0 Å². The first-order valence-electron chi connectivity index (χ1n) is 14.7. The molecule has 9 nitrogen and oxygen atoms in total. The number of likely N-dealkylation sites (tertiary alicyclic amines) is 1. The molecule has 1 aliphatic heterocycles. The zero-order valence-electron chi connectivity index (χ0n) is 26.9. The van der Waals surface area contributed by atoms with E-state index in [0.29, 0.717) is 12.0 Å². The minimum absolute atomic E-state index is 0.0583. The first kappa shape index (κ1) is 41.1. The molecule has 1 heterocycles. The fourth-order valence-corrected chi connectivity index (χ4v) is 3.44. The Morgan fingerprint density at radius 2 is 1.44 bits per heavy atom. The Kier molecular flexibility index (Phi) is 28.6. The van der Waals surface area contributed by atoms with Gasteiger partial charge in [0, 0.05) is 18.7 Å². The van der Waals surface area contributed by atoms with Gasteiger partial charge in [0.1, 0.15) is 6.54 Å². The second-order valence-corrected chi connectivity index (χ2v) is 10.2. The van der Waals surface area contributed by atoms with Gasteiger partial charge in [-0.3, -0.25) is 19.2 Å². The van der Waals surface area contributed by atoms with E-state index in [-0.39, 0.29) is 37.6 Å². The lowest BCUT2D eigenvalue weighted by atomic mass is 10.00. The van der Waals surface area contributed by atoms with E-state index in [0.717, 1.165) is 6.04 Å². The summed E-state index contributed by atoms with van der Waals surface area (Å²) in [4.78, 5) is 49.6. The standard InChI is InChI=1S/C16H27N3O5.C8H17N.2C3H8/c1-6-24-15(22)9-18-16(23)12(4)7-13(11(2)3)19(5)14(21)8-17-10-20;1-8(2)9-6-4-3-5-7-9;2*1-3-2/h7,10-11,13H,6,8-9H2,1-5H3,(H,17,20)(H,18,23);8H,3-7H2,1-2H3;2*3H2,1-2H3/b12-7+;;;/t13-;;;/m1.../s1. The fraction of sp³-hybridized carbons (Fsp3) is 0.800. The maximum absolute atomic E-state index is 12.0. The minimum atomic E-state index is -0.508. The van der Waals surface area contributed by atoms with Crippen LogP contribution in [-0.2, 0) is 23.9 Å². The number of esters is 1. The topological polar surface area (TPSA) is 108 Å². The Morgan fingerprint density at radius 1 is 0.923 bits per heavy atom. The lowest BCUT2D eigenvalue weighted by Crippen LogP contribution is -2.43. The number of amides is 3. The van der Waals surface area contributed by atoms with Crippen molar-refractivity contribution >= 4 is 24.2 Å². The number of carbonyl (C=O) groups is 4. The minimum Gasteiger partial charge on any atom is -0.465 e. The Balaban J connectivity index is -0.000000700. The summed E-state index contributed by atoms with van der Waals surface area (Å²) >= 11 is 0. The van der Waals surface area contributed by atoms with Gasteiger partial charge in [-0.2, -0.15) is 0 Å². The molecule has 0 aromatic carbocycles. The number of likely N-dealkylation sites (N-methyl/N-ethyl adjacent to an activating group) is 1. The van der Waals surface area contributed by atoms with Gasteiger partial charge in [0.2, 0.25) is 18.2 Å². The third-order valence-corrected chi connectivity index (χ3v) is 5.46. The molecule has 1 saturated heterocycles. The Morgan fingerprint density at radius 3 is 1.82 bits per heavy atom. The Hall–Kier alpha value is -2.42. The van der Waals surface area contributed by atoms with Gasteiger partial charge in [-0.15, -0.1) is 0 Å². The van der Waals surface area contributed by atoms with E-state index in [1.807, 2.05) is 13.8 Å². The summed E-state index contributed by atoms with van der Waals surface area (Å²) in [6.45, 7) is 22.8. The molecule has 0 unspecified atom stereocenters. The summed E-state index contributed by atoms with van der Waals surface area (Å²) in [7, 11) is 1.61. The van der Waals surface area contributed by atoms with Crippen molar-refractivity contribution in [1.29, 1.82) is 0 Å². The predicted octanol–water partition coefficient (Wildman–Crippen LogP) is 4.55. The maximum Gasteiger partial charge on any atom is 0.325 e. The lowest BCUT2D eigenvalue weighted by Gasteiger charge is -2.29. The van der Waals surface area contributed by atoms with Crippen molar-refractivity contribution in [3.63, 3.8) is 0 Å². The van der Waals surface area contributed by atoms with E-state index in [9.17, 15) is 19.2 Å². The molecule has 1 aliphatic rings. The van der Waals surface area contributed by atoms with Gasteiger partial charge in [-0.05, 0) is 59.5 Å². The van der Waals surface area contributed by atoms with Gasteiger partial charge in [-0.25, -0.2) is 0 Å². The molecule has 9 heteroatoms. The maximum atomic E-state index is 12.0. The number of rotatable bonds is 11. The lowest BCUT2D eigenvalue weighted by molar-refractivity contribution is -0.143. The number of ether oxygens (including phenoxy) is 1. The molecule has 1 atom stereocenters. The molecular formula is C30H60N4O5. The first-order valence-corrected chi connectivity index (χ1v) is 14.7. The van der Waals surface area contributed by atoms with Crippen LogP contribution in [0.5, 0.6) is 0 Å². The molecule has 0 aromatic heterocycles. The van der Waals surface area contributed by atoms with Crippen LogP contribution in [0, 0.1) is 5.92 Å². The number of hydrogen-bond donors (Lipinski definition) is 2.